The molecule has 0 aromatic heterocycles. The first-order chi connectivity index (χ1) is 28.5. The van der Waals surface area contributed by atoms with E-state index in [0.29, 0.717) is 5.92 Å². The van der Waals surface area contributed by atoms with Gasteiger partial charge in [0.05, 0.1) is 0 Å². The molecule has 3 fully saturated rings. The topological polar surface area (TPSA) is 3.24 Å². The van der Waals surface area contributed by atoms with Crippen LogP contribution in [-0.4, -0.2) is 0 Å². The summed E-state index contributed by atoms with van der Waals surface area (Å²) in [5.41, 5.74) is 19.2. The molecule has 10 rings (SSSR count). The van der Waals surface area contributed by atoms with E-state index in [9.17, 15) is 0 Å². The molecule has 0 aliphatic heterocycles. The molecule has 294 valence electrons. The standard InChI is InChI=1S/C57H61N/c1-57(2)55-24-13-12-23-53(55)54-34-33-52(39-56(54)57)58(51-22-14-21-46(38-51)40-15-6-3-7-16-40)50-31-29-44(30-32-50)43-25-27-45(28-26-43)49-36-47(41-17-8-4-9-18-41)35-48(37-49)42-19-10-5-11-20-42/h12-14,21-42H,3-11,15-20H2,1-2H3. The van der Waals surface area contributed by atoms with Crippen LogP contribution in [0.15, 0.2) is 133 Å². The molecular formula is C57H61N. The maximum Gasteiger partial charge on any atom is 0.0465 e. The second-order valence-corrected chi connectivity index (χ2v) is 18.8. The second kappa shape index (κ2) is 16.1. The highest BCUT2D eigenvalue weighted by molar-refractivity contribution is 5.86. The van der Waals surface area contributed by atoms with Crippen molar-refractivity contribution in [3.05, 3.63) is 161 Å². The van der Waals surface area contributed by atoms with Crippen molar-refractivity contribution in [2.24, 2.45) is 0 Å². The van der Waals surface area contributed by atoms with Gasteiger partial charge in [-0.2, -0.15) is 0 Å². The number of rotatable bonds is 8. The minimum atomic E-state index is -0.0534. The van der Waals surface area contributed by atoms with Gasteiger partial charge in [0.25, 0.3) is 0 Å². The molecule has 0 bridgehead atoms. The minimum Gasteiger partial charge on any atom is -0.310 e. The summed E-state index contributed by atoms with van der Waals surface area (Å²) in [5.74, 6) is 2.10. The third-order valence-electron chi connectivity index (χ3n) is 14.8. The molecule has 6 aromatic rings. The number of nitrogens with zero attached hydrogens (tertiary/aromatic N) is 1. The zero-order chi connectivity index (χ0) is 39.1. The molecule has 0 saturated heterocycles. The predicted octanol–water partition coefficient (Wildman–Crippen LogP) is 16.9. The molecule has 4 aliphatic rings. The van der Waals surface area contributed by atoms with Crippen molar-refractivity contribution in [3.8, 4) is 33.4 Å². The Labute approximate surface area is 348 Å². The van der Waals surface area contributed by atoms with E-state index in [4.69, 9.17) is 0 Å². The lowest BCUT2D eigenvalue weighted by Gasteiger charge is -2.29. The van der Waals surface area contributed by atoms with E-state index in [1.54, 1.807) is 11.1 Å². The van der Waals surface area contributed by atoms with Crippen LogP contribution in [0.25, 0.3) is 33.4 Å². The lowest BCUT2D eigenvalue weighted by molar-refractivity contribution is 0.435. The van der Waals surface area contributed by atoms with Gasteiger partial charge in [-0.1, -0.05) is 169 Å². The zero-order valence-electron chi connectivity index (χ0n) is 35.0. The number of benzene rings is 6. The smallest absolute Gasteiger partial charge is 0.0465 e. The van der Waals surface area contributed by atoms with Crippen molar-refractivity contribution in [1.29, 1.82) is 0 Å². The summed E-state index contributed by atoms with van der Waals surface area (Å²) in [6.07, 6.45) is 20.4. The third kappa shape index (κ3) is 7.25. The summed E-state index contributed by atoms with van der Waals surface area (Å²) in [6, 6.07) is 52.1. The van der Waals surface area contributed by atoms with E-state index in [1.165, 1.54) is 163 Å². The molecule has 58 heavy (non-hydrogen) atoms. The average Bonchev–Trinajstić information content (AvgIpc) is 3.53. The van der Waals surface area contributed by atoms with Crippen molar-refractivity contribution >= 4 is 17.1 Å². The van der Waals surface area contributed by atoms with Crippen LogP contribution in [-0.2, 0) is 5.41 Å². The van der Waals surface area contributed by atoms with E-state index in [0.717, 1.165) is 11.8 Å². The van der Waals surface area contributed by atoms with Gasteiger partial charge in [-0.3, -0.25) is 0 Å². The van der Waals surface area contributed by atoms with Gasteiger partial charge in [0, 0.05) is 22.5 Å². The monoisotopic (exact) mass is 759 g/mol. The van der Waals surface area contributed by atoms with Gasteiger partial charge in [-0.25, -0.2) is 0 Å². The van der Waals surface area contributed by atoms with Crippen molar-refractivity contribution in [2.75, 3.05) is 4.90 Å². The highest BCUT2D eigenvalue weighted by atomic mass is 15.1. The van der Waals surface area contributed by atoms with Gasteiger partial charge in [-0.05, 0) is 154 Å². The second-order valence-electron chi connectivity index (χ2n) is 18.8. The minimum absolute atomic E-state index is 0.0534. The van der Waals surface area contributed by atoms with Crippen molar-refractivity contribution in [1.82, 2.24) is 0 Å². The molecule has 1 nitrogen and oxygen atoms in total. The molecule has 0 heterocycles. The van der Waals surface area contributed by atoms with E-state index >= 15 is 0 Å². The maximum atomic E-state index is 2.61. The first kappa shape index (κ1) is 37.4. The van der Waals surface area contributed by atoms with E-state index in [1.807, 2.05) is 0 Å². The van der Waals surface area contributed by atoms with Crippen molar-refractivity contribution < 1.29 is 0 Å². The molecule has 6 aromatic carbocycles. The molecule has 4 aliphatic carbocycles. The van der Waals surface area contributed by atoms with Gasteiger partial charge in [-0.15, -0.1) is 0 Å². The third-order valence-corrected chi connectivity index (χ3v) is 14.8. The van der Waals surface area contributed by atoms with Gasteiger partial charge in [0.2, 0.25) is 0 Å². The number of hydrogen-bond acceptors (Lipinski definition) is 1. The van der Waals surface area contributed by atoms with Crippen LogP contribution in [0.5, 0.6) is 0 Å². The fourth-order valence-electron chi connectivity index (χ4n) is 11.5. The molecule has 0 amide bonds. The van der Waals surface area contributed by atoms with Crippen LogP contribution in [0.1, 0.15) is 156 Å². The Bertz CT molecular complexity index is 2320. The highest BCUT2D eigenvalue weighted by Gasteiger charge is 2.36. The molecule has 1 heteroatoms. The van der Waals surface area contributed by atoms with Gasteiger partial charge < -0.3 is 4.90 Å². The largest absolute Gasteiger partial charge is 0.310 e. The lowest BCUT2D eigenvalue weighted by Crippen LogP contribution is -2.16. The van der Waals surface area contributed by atoms with Crippen molar-refractivity contribution in [3.63, 3.8) is 0 Å². The number of hydrogen-bond donors (Lipinski definition) is 0. The van der Waals surface area contributed by atoms with E-state index in [-0.39, 0.29) is 5.41 Å². The van der Waals surface area contributed by atoms with E-state index < -0.39 is 0 Å². The lowest BCUT2D eigenvalue weighted by atomic mass is 9.78. The predicted molar refractivity (Wildman–Crippen MR) is 247 cm³/mol. The summed E-state index contributed by atoms with van der Waals surface area (Å²) in [6.45, 7) is 4.78. The Morgan fingerprint density at radius 2 is 0.845 bits per heavy atom. The normalized spacial score (nSPS) is 18.4. The Morgan fingerprint density at radius 3 is 1.45 bits per heavy atom. The van der Waals surface area contributed by atoms with Crippen molar-refractivity contribution in [2.45, 2.75) is 133 Å². The molecule has 0 N–H and O–H groups in total. The molecular weight excluding hydrogens is 699 g/mol. The van der Waals surface area contributed by atoms with Gasteiger partial charge in [0.15, 0.2) is 0 Å². The number of anilines is 3. The number of fused-ring (bicyclic) bond motifs is 3. The van der Waals surface area contributed by atoms with Crippen LogP contribution in [0.2, 0.25) is 0 Å². The Balaban J connectivity index is 0.977. The van der Waals surface area contributed by atoms with Crippen LogP contribution in [0.4, 0.5) is 17.1 Å². The first-order valence-corrected chi connectivity index (χ1v) is 23.0. The Kier molecular flexibility index (Phi) is 10.3. The van der Waals surface area contributed by atoms with Crippen LogP contribution >= 0.6 is 0 Å². The van der Waals surface area contributed by atoms with Gasteiger partial charge in [0.1, 0.15) is 0 Å². The SMILES string of the molecule is CC1(C)c2ccccc2-c2ccc(N(c3ccc(-c4ccc(-c5cc(C6CCCCC6)cc(C6CCCCC6)c5)cc4)cc3)c3cccc(C4CCCCC4)c3)cc21. The van der Waals surface area contributed by atoms with E-state index in [2.05, 4.69) is 152 Å². The molecule has 0 radical (unpaired) electrons. The quantitative estimate of drug-likeness (QED) is 0.149. The Hall–Kier alpha value is -4.88. The maximum absolute atomic E-state index is 2.61. The summed E-state index contributed by atoms with van der Waals surface area (Å²) >= 11 is 0. The summed E-state index contributed by atoms with van der Waals surface area (Å²) in [4.78, 5) is 2.50. The molecule has 0 unspecified atom stereocenters. The highest BCUT2D eigenvalue weighted by Crippen LogP contribution is 2.51. The summed E-state index contributed by atoms with van der Waals surface area (Å²) in [5, 5.41) is 0. The van der Waals surface area contributed by atoms with Crippen LogP contribution in [0.3, 0.4) is 0 Å². The Morgan fingerprint density at radius 1 is 0.362 bits per heavy atom. The summed E-state index contributed by atoms with van der Waals surface area (Å²) < 4.78 is 0. The fourth-order valence-corrected chi connectivity index (χ4v) is 11.5. The molecule has 0 atom stereocenters. The molecule has 0 spiro atoms. The van der Waals surface area contributed by atoms with Crippen LogP contribution < -0.4 is 4.90 Å². The first-order valence-electron chi connectivity index (χ1n) is 23.0. The summed E-state index contributed by atoms with van der Waals surface area (Å²) in [7, 11) is 0. The average molecular weight is 760 g/mol. The molecule has 3 saturated carbocycles. The van der Waals surface area contributed by atoms with Gasteiger partial charge >= 0.3 is 0 Å². The fraction of sp³-hybridized carbons (Fsp3) is 0.368. The zero-order valence-corrected chi connectivity index (χ0v) is 35.0. The van der Waals surface area contributed by atoms with Crippen LogP contribution in [0, 0.1) is 0 Å².